The molecule has 0 amide bonds. The van der Waals surface area contributed by atoms with Gasteiger partial charge in [0.2, 0.25) is 0 Å². The minimum atomic E-state index is 0.488. The molecule has 0 radical (unpaired) electrons. The molecular formula is C17H30N2O. The smallest absolute Gasteiger partial charge is 0.117 e. The Hall–Kier alpha value is -0.800. The minimum absolute atomic E-state index is 0.488. The van der Waals surface area contributed by atoms with E-state index in [-0.39, 0.29) is 0 Å². The van der Waals surface area contributed by atoms with Crippen LogP contribution in [0.15, 0.2) is 22.8 Å². The van der Waals surface area contributed by atoms with E-state index in [2.05, 4.69) is 44.1 Å². The summed E-state index contributed by atoms with van der Waals surface area (Å²) in [6.45, 7) is 10.2. The predicted molar refractivity (Wildman–Crippen MR) is 83.6 cm³/mol. The van der Waals surface area contributed by atoms with Gasteiger partial charge in [-0.3, -0.25) is 4.90 Å². The lowest BCUT2D eigenvalue weighted by molar-refractivity contribution is 0.0995. The summed E-state index contributed by atoms with van der Waals surface area (Å²) in [4.78, 5) is 2.51. The van der Waals surface area contributed by atoms with Gasteiger partial charge in [-0.1, -0.05) is 20.8 Å². The van der Waals surface area contributed by atoms with E-state index in [1.165, 1.54) is 19.3 Å². The van der Waals surface area contributed by atoms with Crippen LogP contribution in [-0.2, 0) is 6.54 Å². The highest BCUT2D eigenvalue weighted by molar-refractivity contribution is 4.98. The average molecular weight is 278 g/mol. The molecule has 1 fully saturated rings. The van der Waals surface area contributed by atoms with Crippen molar-refractivity contribution < 1.29 is 4.42 Å². The number of furan rings is 1. The van der Waals surface area contributed by atoms with Gasteiger partial charge in [0.25, 0.3) is 0 Å². The van der Waals surface area contributed by atoms with Crippen LogP contribution < -0.4 is 5.32 Å². The second kappa shape index (κ2) is 6.77. The van der Waals surface area contributed by atoms with Gasteiger partial charge in [-0.05, 0) is 56.3 Å². The van der Waals surface area contributed by atoms with Gasteiger partial charge in [-0.2, -0.15) is 0 Å². The van der Waals surface area contributed by atoms with Crippen LogP contribution in [0.5, 0.6) is 0 Å². The van der Waals surface area contributed by atoms with E-state index < -0.39 is 0 Å². The Morgan fingerprint density at radius 3 is 2.85 bits per heavy atom. The number of nitrogens with zero attached hydrogens (tertiary/aromatic N) is 1. The van der Waals surface area contributed by atoms with Gasteiger partial charge < -0.3 is 9.73 Å². The van der Waals surface area contributed by atoms with Crippen LogP contribution in [0.25, 0.3) is 0 Å². The first-order chi connectivity index (χ1) is 9.54. The first kappa shape index (κ1) is 15.6. The fourth-order valence-electron chi connectivity index (χ4n) is 3.57. The second-order valence-electron chi connectivity index (χ2n) is 6.97. The van der Waals surface area contributed by atoms with Crippen molar-refractivity contribution >= 4 is 0 Å². The van der Waals surface area contributed by atoms with Crippen LogP contribution in [0.4, 0.5) is 0 Å². The quantitative estimate of drug-likeness (QED) is 0.863. The predicted octanol–water partition coefficient (Wildman–Crippen LogP) is 3.52. The first-order valence-electron chi connectivity index (χ1n) is 7.96. The Morgan fingerprint density at radius 1 is 1.45 bits per heavy atom. The summed E-state index contributed by atoms with van der Waals surface area (Å²) in [5.41, 5.74) is 0.488. The normalized spacial score (nSPS) is 26.1. The first-order valence-corrected chi connectivity index (χ1v) is 7.96. The van der Waals surface area contributed by atoms with E-state index in [9.17, 15) is 0 Å². The van der Waals surface area contributed by atoms with Gasteiger partial charge in [-0.25, -0.2) is 0 Å². The highest BCUT2D eigenvalue weighted by Gasteiger charge is 2.34. The number of hydrogen-bond donors (Lipinski definition) is 1. The Kier molecular flexibility index (Phi) is 5.28. The van der Waals surface area contributed by atoms with Gasteiger partial charge in [0, 0.05) is 12.6 Å². The lowest BCUT2D eigenvalue weighted by Gasteiger charge is -2.42. The topological polar surface area (TPSA) is 28.4 Å². The molecule has 0 aromatic carbocycles. The molecule has 1 heterocycles. The molecule has 0 saturated heterocycles. The van der Waals surface area contributed by atoms with Crippen molar-refractivity contribution in [3.8, 4) is 0 Å². The zero-order valence-corrected chi connectivity index (χ0v) is 13.5. The van der Waals surface area contributed by atoms with Crippen molar-refractivity contribution in [2.45, 2.75) is 52.6 Å². The third-order valence-corrected chi connectivity index (χ3v) is 4.79. The van der Waals surface area contributed by atoms with E-state index in [4.69, 9.17) is 4.42 Å². The molecule has 1 saturated carbocycles. The van der Waals surface area contributed by atoms with Crippen molar-refractivity contribution in [3.05, 3.63) is 24.2 Å². The van der Waals surface area contributed by atoms with E-state index in [1.807, 2.05) is 6.07 Å². The molecule has 1 aromatic heterocycles. The minimum Gasteiger partial charge on any atom is -0.468 e. The molecule has 1 aliphatic carbocycles. The Morgan fingerprint density at radius 2 is 2.25 bits per heavy atom. The van der Waals surface area contributed by atoms with Crippen molar-refractivity contribution in [3.63, 3.8) is 0 Å². The van der Waals surface area contributed by atoms with Crippen LogP contribution in [0.2, 0.25) is 0 Å². The largest absolute Gasteiger partial charge is 0.468 e. The second-order valence-corrected chi connectivity index (χ2v) is 6.97. The third-order valence-electron chi connectivity index (χ3n) is 4.79. The zero-order chi connectivity index (χ0) is 14.6. The van der Waals surface area contributed by atoms with E-state index in [0.717, 1.165) is 31.3 Å². The van der Waals surface area contributed by atoms with Gasteiger partial charge in [0.05, 0.1) is 12.8 Å². The molecule has 1 aliphatic rings. The molecule has 0 bridgehead atoms. The number of rotatable bonds is 6. The molecule has 0 spiro atoms. The molecule has 0 aliphatic heterocycles. The standard InChI is InChI=1S/C17H30N2O/c1-5-19(13-15-7-6-10-20-15)12-14-11-17(2,3)9-8-16(14)18-4/h6-7,10,14,16,18H,5,8-9,11-13H2,1-4H3. The maximum absolute atomic E-state index is 5.49. The van der Waals surface area contributed by atoms with Gasteiger partial charge >= 0.3 is 0 Å². The van der Waals surface area contributed by atoms with Crippen molar-refractivity contribution in [1.82, 2.24) is 10.2 Å². The molecular weight excluding hydrogens is 248 g/mol. The summed E-state index contributed by atoms with van der Waals surface area (Å²) in [7, 11) is 2.11. The van der Waals surface area contributed by atoms with E-state index in [0.29, 0.717) is 11.5 Å². The summed E-state index contributed by atoms with van der Waals surface area (Å²) in [5.74, 6) is 1.81. The van der Waals surface area contributed by atoms with E-state index in [1.54, 1.807) is 6.26 Å². The maximum atomic E-state index is 5.49. The molecule has 114 valence electrons. The molecule has 1 N–H and O–H groups in total. The average Bonchev–Trinajstić information content (AvgIpc) is 2.90. The highest BCUT2D eigenvalue weighted by Crippen LogP contribution is 2.39. The van der Waals surface area contributed by atoms with Crippen LogP contribution in [0.3, 0.4) is 0 Å². The molecule has 2 unspecified atom stereocenters. The van der Waals surface area contributed by atoms with E-state index >= 15 is 0 Å². The van der Waals surface area contributed by atoms with Gasteiger partial charge in [0.1, 0.15) is 5.76 Å². The Bertz CT molecular complexity index is 386. The maximum Gasteiger partial charge on any atom is 0.117 e. The molecule has 2 atom stereocenters. The molecule has 2 rings (SSSR count). The zero-order valence-electron chi connectivity index (χ0n) is 13.5. The van der Waals surface area contributed by atoms with Crippen LogP contribution in [0.1, 0.15) is 45.8 Å². The van der Waals surface area contributed by atoms with Gasteiger partial charge in [-0.15, -0.1) is 0 Å². The lowest BCUT2D eigenvalue weighted by Crippen LogP contribution is -2.46. The van der Waals surface area contributed by atoms with Crippen molar-refractivity contribution in [1.29, 1.82) is 0 Å². The molecule has 3 nitrogen and oxygen atoms in total. The summed E-state index contributed by atoms with van der Waals surface area (Å²) < 4.78 is 5.49. The highest BCUT2D eigenvalue weighted by atomic mass is 16.3. The van der Waals surface area contributed by atoms with Crippen molar-refractivity contribution in [2.24, 2.45) is 11.3 Å². The Balaban J connectivity index is 1.96. The molecule has 1 aromatic rings. The molecule has 3 heteroatoms. The van der Waals surface area contributed by atoms with Crippen molar-refractivity contribution in [2.75, 3.05) is 20.1 Å². The molecule has 20 heavy (non-hydrogen) atoms. The van der Waals surface area contributed by atoms with Crippen LogP contribution in [-0.4, -0.2) is 31.1 Å². The van der Waals surface area contributed by atoms with Crippen LogP contribution in [0, 0.1) is 11.3 Å². The lowest BCUT2D eigenvalue weighted by atomic mass is 9.69. The summed E-state index contributed by atoms with van der Waals surface area (Å²) in [6, 6.07) is 4.71. The monoisotopic (exact) mass is 278 g/mol. The fraction of sp³-hybridized carbons (Fsp3) is 0.765. The number of nitrogens with one attached hydrogen (secondary N) is 1. The van der Waals surface area contributed by atoms with Gasteiger partial charge in [0.15, 0.2) is 0 Å². The van der Waals surface area contributed by atoms with Crippen LogP contribution >= 0.6 is 0 Å². The summed E-state index contributed by atoms with van der Waals surface area (Å²) >= 11 is 0. The Labute approximate surface area is 123 Å². The fourth-order valence-corrected chi connectivity index (χ4v) is 3.57. The summed E-state index contributed by atoms with van der Waals surface area (Å²) in [5, 5.41) is 3.53. The number of hydrogen-bond acceptors (Lipinski definition) is 3. The summed E-state index contributed by atoms with van der Waals surface area (Å²) in [6.07, 6.45) is 5.71. The third kappa shape index (κ3) is 4.10. The SMILES string of the molecule is CCN(Cc1ccco1)CC1CC(C)(C)CCC1NC.